The van der Waals surface area contributed by atoms with Crippen molar-refractivity contribution in [2.24, 2.45) is 0 Å². The Hall–Kier alpha value is -0.510. The summed E-state index contributed by atoms with van der Waals surface area (Å²) in [6, 6.07) is 9.43. The molecule has 1 N–H and O–H groups in total. The minimum absolute atomic E-state index is 0.439. The zero-order chi connectivity index (χ0) is 13.5. The largest absolute Gasteiger partial charge is 0.313 e. The third-order valence-electron chi connectivity index (χ3n) is 3.90. The van der Waals surface area contributed by atoms with Crippen LogP contribution < -0.4 is 5.32 Å². The SMILES string of the molecule is CNC(C)c1ccc(SCCCN2CCCC2)cc1. The lowest BCUT2D eigenvalue weighted by Gasteiger charge is -2.14. The highest BCUT2D eigenvalue weighted by Gasteiger charge is 2.10. The minimum atomic E-state index is 0.439. The maximum atomic E-state index is 3.27. The number of nitrogens with zero attached hydrogens (tertiary/aromatic N) is 1. The average molecular weight is 278 g/mol. The van der Waals surface area contributed by atoms with E-state index in [1.165, 1.54) is 55.1 Å². The van der Waals surface area contributed by atoms with E-state index in [0.29, 0.717) is 6.04 Å². The normalized spacial score (nSPS) is 17.8. The number of likely N-dealkylation sites (tertiary alicyclic amines) is 1. The van der Waals surface area contributed by atoms with Crippen molar-refractivity contribution >= 4 is 11.8 Å². The summed E-state index contributed by atoms with van der Waals surface area (Å²) in [5.41, 5.74) is 1.36. The highest BCUT2D eigenvalue weighted by Crippen LogP contribution is 2.22. The molecule has 1 aromatic rings. The van der Waals surface area contributed by atoms with Gasteiger partial charge in [-0.25, -0.2) is 0 Å². The van der Waals surface area contributed by atoms with E-state index in [9.17, 15) is 0 Å². The molecule has 2 rings (SSSR count). The van der Waals surface area contributed by atoms with Crippen LogP contribution in [0.3, 0.4) is 0 Å². The van der Waals surface area contributed by atoms with Gasteiger partial charge in [0.25, 0.3) is 0 Å². The Morgan fingerprint density at radius 2 is 1.89 bits per heavy atom. The first-order valence-corrected chi connectivity index (χ1v) is 8.40. The van der Waals surface area contributed by atoms with Crippen LogP contribution >= 0.6 is 11.8 Å². The molecular formula is C16H26N2S. The van der Waals surface area contributed by atoms with Crippen molar-refractivity contribution in [3.8, 4) is 0 Å². The van der Waals surface area contributed by atoms with Crippen LogP contribution in [0.15, 0.2) is 29.2 Å². The second kappa shape index (κ2) is 7.93. The summed E-state index contributed by atoms with van der Waals surface area (Å²) in [5, 5.41) is 3.27. The molecule has 0 radical (unpaired) electrons. The Balaban J connectivity index is 1.67. The van der Waals surface area contributed by atoms with Crippen molar-refractivity contribution < 1.29 is 0 Å². The van der Waals surface area contributed by atoms with Gasteiger partial charge in [0.05, 0.1) is 0 Å². The maximum Gasteiger partial charge on any atom is 0.0289 e. The van der Waals surface area contributed by atoms with E-state index in [4.69, 9.17) is 0 Å². The second-order valence-electron chi connectivity index (χ2n) is 5.33. The Morgan fingerprint density at radius 1 is 1.21 bits per heavy atom. The zero-order valence-electron chi connectivity index (χ0n) is 12.2. The Morgan fingerprint density at radius 3 is 2.53 bits per heavy atom. The lowest BCUT2D eigenvalue weighted by Crippen LogP contribution is -2.20. The molecule has 1 aromatic carbocycles. The van der Waals surface area contributed by atoms with E-state index >= 15 is 0 Å². The van der Waals surface area contributed by atoms with Crippen LogP contribution in [0.1, 0.15) is 37.8 Å². The molecule has 1 fully saturated rings. The van der Waals surface area contributed by atoms with Crippen molar-refractivity contribution in [3.05, 3.63) is 29.8 Å². The van der Waals surface area contributed by atoms with E-state index in [2.05, 4.69) is 41.4 Å². The molecule has 106 valence electrons. The molecule has 0 saturated carbocycles. The lowest BCUT2D eigenvalue weighted by atomic mass is 10.1. The number of nitrogens with one attached hydrogen (secondary N) is 1. The van der Waals surface area contributed by atoms with Crippen LogP contribution in [0.4, 0.5) is 0 Å². The van der Waals surface area contributed by atoms with Gasteiger partial charge in [-0.2, -0.15) is 0 Å². The van der Waals surface area contributed by atoms with Gasteiger partial charge in [0.2, 0.25) is 0 Å². The molecule has 1 aliphatic rings. The summed E-state index contributed by atoms with van der Waals surface area (Å²) in [5.74, 6) is 1.23. The molecule has 19 heavy (non-hydrogen) atoms. The molecule has 0 spiro atoms. The number of thioether (sulfide) groups is 1. The van der Waals surface area contributed by atoms with Gasteiger partial charge in [0, 0.05) is 10.9 Å². The zero-order valence-corrected chi connectivity index (χ0v) is 13.0. The number of rotatable bonds is 7. The van der Waals surface area contributed by atoms with Crippen molar-refractivity contribution in [2.45, 2.75) is 37.1 Å². The van der Waals surface area contributed by atoms with Crippen LogP contribution in [0.5, 0.6) is 0 Å². The summed E-state index contributed by atoms with van der Waals surface area (Å²) in [6.45, 7) is 6.11. The smallest absolute Gasteiger partial charge is 0.0289 e. The minimum Gasteiger partial charge on any atom is -0.313 e. The van der Waals surface area contributed by atoms with Crippen LogP contribution in [0.2, 0.25) is 0 Å². The summed E-state index contributed by atoms with van der Waals surface area (Å²) in [4.78, 5) is 3.99. The highest BCUT2D eigenvalue weighted by atomic mass is 32.2. The molecule has 1 atom stereocenters. The first-order chi connectivity index (χ1) is 9.29. The third-order valence-corrected chi connectivity index (χ3v) is 5.00. The molecule has 0 amide bonds. The highest BCUT2D eigenvalue weighted by molar-refractivity contribution is 7.99. The van der Waals surface area contributed by atoms with Gasteiger partial charge in [-0.05, 0) is 76.3 Å². The monoisotopic (exact) mass is 278 g/mol. The summed E-state index contributed by atoms with van der Waals surface area (Å²) in [6.07, 6.45) is 4.11. The van der Waals surface area contributed by atoms with Gasteiger partial charge in [-0.3, -0.25) is 0 Å². The Bertz CT molecular complexity index is 358. The molecule has 0 bridgehead atoms. The van der Waals surface area contributed by atoms with Crippen LogP contribution in [0.25, 0.3) is 0 Å². The molecule has 3 heteroatoms. The fraction of sp³-hybridized carbons (Fsp3) is 0.625. The third kappa shape index (κ3) is 4.83. The fourth-order valence-electron chi connectivity index (χ4n) is 2.50. The molecule has 1 aliphatic heterocycles. The summed E-state index contributed by atoms with van der Waals surface area (Å²) >= 11 is 1.98. The first-order valence-electron chi connectivity index (χ1n) is 7.42. The number of hydrogen-bond acceptors (Lipinski definition) is 3. The van der Waals surface area contributed by atoms with Gasteiger partial charge < -0.3 is 10.2 Å². The Kier molecular flexibility index (Phi) is 6.21. The van der Waals surface area contributed by atoms with Crippen molar-refractivity contribution in [1.29, 1.82) is 0 Å². The molecule has 1 unspecified atom stereocenters. The standard InChI is InChI=1S/C16H26N2S/c1-14(17-2)15-6-8-16(9-7-15)19-13-5-12-18-10-3-4-11-18/h6-9,14,17H,3-5,10-13H2,1-2H3. The van der Waals surface area contributed by atoms with Gasteiger partial charge in [-0.15, -0.1) is 11.8 Å². The molecule has 0 aromatic heterocycles. The van der Waals surface area contributed by atoms with E-state index < -0.39 is 0 Å². The molecule has 1 heterocycles. The van der Waals surface area contributed by atoms with Gasteiger partial charge in [-0.1, -0.05) is 12.1 Å². The topological polar surface area (TPSA) is 15.3 Å². The first kappa shape index (κ1) is 14.9. The van der Waals surface area contributed by atoms with Gasteiger partial charge in [0.1, 0.15) is 0 Å². The lowest BCUT2D eigenvalue weighted by molar-refractivity contribution is 0.341. The summed E-state index contributed by atoms with van der Waals surface area (Å²) < 4.78 is 0. The van der Waals surface area contributed by atoms with Crippen molar-refractivity contribution in [3.63, 3.8) is 0 Å². The fourth-order valence-corrected chi connectivity index (χ4v) is 3.34. The van der Waals surface area contributed by atoms with E-state index in [-0.39, 0.29) is 0 Å². The number of hydrogen-bond donors (Lipinski definition) is 1. The molecule has 2 nitrogen and oxygen atoms in total. The second-order valence-corrected chi connectivity index (χ2v) is 6.50. The van der Waals surface area contributed by atoms with Crippen LogP contribution in [0, 0.1) is 0 Å². The maximum absolute atomic E-state index is 3.27. The van der Waals surface area contributed by atoms with Crippen molar-refractivity contribution in [2.75, 3.05) is 32.4 Å². The predicted molar refractivity (Wildman–Crippen MR) is 84.9 cm³/mol. The van der Waals surface area contributed by atoms with E-state index in [1.807, 2.05) is 18.8 Å². The van der Waals surface area contributed by atoms with Crippen LogP contribution in [-0.4, -0.2) is 37.3 Å². The van der Waals surface area contributed by atoms with E-state index in [1.54, 1.807) is 0 Å². The molecule has 0 aliphatic carbocycles. The average Bonchev–Trinajstić information content (AvgIpc) is 2.96. The molecule has 1 saturated heterocycles. The predicted octanol–water partition coefficient (Wildman–Crippen LogP) is 3.55. The van der Waals surface area contributed by atoms with Gasteiger partial charge in [0.15, 0.2) is 0 Å². The quantitative estimate of drug-likeness (QED) is 0.606. The van der Waals surface area contributed by atoms with E-state index in [0.717, 1.165) is 0 Å². The van der Waals surface area contributed by atoms with Crippen LogP contribution in [-0.2, 0) is 0 Å². The van der Waals surface area contributed by atoms with Gasteiger partial charge >= 0.3 is 0 Å². The van der Waals surface area contributed by atoms with Crippen molar-refractivity contribution in [1.82, 2.24) is 10.2 Å². The Labute approximate surface area is 122 Å². The molecular weight excluding hydrogens is 252 g/mol. The number of benzene rings is 1. The summed E-state index contributed by atoms with van der Waals surface area (Å²) in [7, 11) is 2.01.